The lowest BCUT2D eigenvalue weighted by molar-refractivity contribution is -0.136. The Morgan fingerprint density at radius 2 is 2.00 bits per heavy atom. The molecule has 1 aromatic heterocycles. The van der Waals surface area contributed by atoms with Gasteiger partial charge in [-0.25, -0.2) is 4.98 Å². The number of amides is 2. The third kappa shape index (κ3) is 3.64. The maximum absolute atomic E-state index is 12.7. The van der Waals surface area contributed by atoms with Crippen molar-refractivity contribution in [2.75, 3.05) is 13.1 Å². The highest BCUT2D eigenvalue weighted by atomic mass is 16.2. The van der Waals surface area contributed by atoms with Crippen LogP contribution in [0.15, 0.2) is 4.79 Å². The second kappa shape index (κ2) is 7.44. The van der Waals surface area contributed by atoms with Crippen LogP contribution in [0.4, 0.5) is 0 Å². The van der Waals surface area contributed by atoms with Gasteiger partial charge in [0.25, 0.3) is 5.56 Å². The molecule has 1 N–H and O–H groups in total. The Morgan fingerprint density at radius 3 is 2.74 bits per heavy atom. The zero-order valence-electron chi connectivity index (χ0n) is 16.0. The van der Waals surface area contributed by atoms with Gasteiger partial charge < -0.3 is 14.8 Å². The first-order valence-corrected chi connectivity index (χ1v) is 10.3. The molecule has 2 aliphatic heterocycles. The zero-order chi connectivity index (χ0) is 19.0. The minimum Gasteiger partial charge on any atom is -0.336 e. The third-order valence-corrected chi connectivity index (χ3v) is 5.94. The molecule has 1 atom stereocenters. The van der Waals surface area contributed by atoms with Crippen molar-refractivity contribution in [1.82, 2.24) is 19.8 Å². The summed E-state index contributed by atoms with van der Waals surface area (Å²) in [6.07, 6.45) is 6.70. The molecule has 7 nitrogen and oxygen atoms in total. The Hall–Kier alpha value is -2.18. The van der Waals surface area contributed by atoms with Crippen LogP contribution in [-0.2, 0) is 22.6 Å². The lowest BCUT2D eigenvalue weighted by Gasteiger charge is -2.36. The number of hydrogen-bond donors (Lipinski definition) is 1. The quantitative estimate of drug-likeness (QED) is 0.875. The highest BCUT2D eigenvalue weighted by Gasteiger charge is 2.39. The minimum absolute atomic E-state index is 0.109. The largest absolute Gasteiger partial charge is 0.336 e. The molecule has 1 unspecified atom stereocenters. The number of piperidine rings is 1. The highest BCUT2D eigenvalue weighted by Crippen LogP contribution is 2.37. The van der Waals surface area contributed by atoms with Crippen LogP contribution in [0.1, 0.15) is 75.0 Å². The number of nitrogens with one attached hydrogen (secondary N) is 1. The summed E-state index contributed by atoms with van der Waals surface area (Å²) in [4.78, 5) is 49.0. The van der Waals surface area contributed by atoms with Crippen molar-refractivity contribution in [2.24, 2.45) is 5.92 Å². The second-order valence-electron chi connectivity index (χ2n) is 8.01. The molecule has 3 aliphatic rings. The third-order valence-electron chi connectivity index (χ3n) is 5.94. The van der Waals surface area contributed by atoms with Crippen molar-refractivity contribution in [1.29, 1.82) is 0 Å². The molecule has 146 valence electrons. The van der Waals surface area contributed by atoms with E-state index in [4.69, 9.17) is 4.98 Å². The average molecular weight is 372 g/mol. The van der Waals surface area contributed by atoms with E-state index in [9.17, 15) is 14.4 Å². The fourth-order valence-corrected chi connectivity index (χ4v) is 4.25. The molecular weight excluding hydrogens is 344 g/mol. The van der Waals surface area contributed by atoms with Crippen molar-refractivity contribution in [3.8, 4) is 0 Å². The van der Waals surface area contributed by atoms with E-state index in [0.717, 1.165) is 45.1 Å². The van der Waals surface area contributed by atoms with E-state index < -0.39 is 0 Å². The van der Waals surface area contributed by atoms with Gasteiger partial charge in [0.2, 0.25) is 11.8 Å². The number of fused-ring (bicyclic) bond motifs is 1. The van der Waals surface area contributed by atoms with Crippen LogP contribution in [0.5, 0.6) is 0 Å². The molecular formula is C20H28N4O3. The topological polar surface area (TPSA) is 86.4 Å². The Balaban J connectivity index is 1.61. The summed E-state index contributed by atoms with van der Waals surface area (Å²) in [5.74, 6) is 1.09. The molecule has 27 heavy (non-hydrogen) atoms. The number of aromatic amines is 1. The second-order valence-corrected chi connectivity index (χ2v) is 8.01. The Kier molecular flexibility index (Phi) is 5.02. The molecule has 3 heterocycles. The van der Waals surface area contributed by atoms with Crippen molar-refractivity contribution in [3.63, 3.8) is 0 Å². The number of hydrogen-bond acceptors (Lipinski definition) is 4. The van der Waals surface area contributed by atoms with E-state index >= 15 is 0 Å². The molecule has 0 radical (unpaired) electrons. The molecule has 1 saturated heterocycles. The van der Waals surface area contributed by atoms with Gasteiger partial charge in [0.15, 0.2) is 0 Å². The van der Waals surface area contributed by atoms with E-state index in [1.807, 2.05) is 11.8 Å². The first kappa shape index (κ1) is 18.2. The number of carbonyl (C=O) groups excluding carboxylic acids is 2. The lowest BCUT2D eigenvalue weighted by atomic mass is 9.99. The maximum Gasteiger partial charge on any atom is 0.254 e. The Morgan fingerprint density at radius 1 is 1.19 bits per heavy atom. The summed E-state index contributed by atoms with van der Waals surface area (Å²) in [5.41, 5.74) is 1.28. The van der Waals surface area contributed by atoms with Gasteiger partial charge >= 0.3 is 0 Å². The molecule has 0 bridgehead atoms. The van der Waals surface area contributed by atoms with E-state index in [0.29, 0.717) is 43.0 Å². The lowest BCUT2D eigenvalue weighted by Crippen LogP contribution is -2.43. The summed E-state index contributed by atoms with van der Waals surface area (Å²) in [6.45, 7) is 3.70. The maximum atomic E-state index is 12.7. The van der Waals surface area contributed by atoms with Crippen molar-refractivity contribution in [3.05, 3.63) is 27.4 Å². The first-order chi connectivity index (χ1) is 13.1. The number of aromatic nitrogens is 2. The van der Waals surface area contributed by atoms with E-state index in [-0.39, 0.29) is 29.3 Å². The monoisotopic (exact) mass is 372 g/mol. The summed E-state index contributed by atoms with van der Waals surface area (Å²) >= 11 is 0. The molecule has 0 spiro atoms. The van der Waals surface area contributed by atoms with Gasteiger partial charge in [0.05, 0.1) is 18.3 Å². The van der Waals surface area contributed by atoms with Crippen molar-refractivity contribution >= 4 is 11.8 Å². The SMILES string of the molecule is CCCC(=O)N1CCc2c(nc(C3CCCCN3C(=O)C3CC3)[nH]c2=O)C1. The summed E-state index contributed by atoms with van der Waals surface area (Å²) in [7, 11) is 0. The molecule has 7 heteroatoms. The van der Waals surface area contributed by atoms with Gasteiger partial charge in [-0.3, -0.25) is 14.4 Å². The number of nitrogens with zero attached hydrogens (tertiary/aromatic N) is 3. The van der Waals surface area contributed by atoms with Gasteiger partial charge in [-0.05, 0) is 44.9 Å². The van der Waals surface area contributed by atoms with E-state index in [1.165, 1.54) is 0 Å². The minimum atomic E-state index is -0.147. The molecule has 4 rings (SSSR count). The zero-order valence-corrected chi connectivity index (χ0v) is 16.0. The normalized spacial score (nSPS) is 22.5. The van der Waals surface area contributed by atoms with Crippen molar-refractivity contribution < 1.29 is 9.59 Å². The molecule has 2 amide bonds. The standard InChI is InChI=1S/C20H28N4O3/c1-2-5-17(25)23-11-9-14-15(12-23)21-18(22-19(14)26)16-6-3-4-10-24(16)20(27)13-7-8-13/h13,16H,2-12H2,1H3,(H,21,22,26). The summed E-state index contributed by atoms with van der Waals surface area (Å²) < 4.78 is 0. The van der Waals surface area contributed by atoms with Crippen LogP contribution < -0.4 is 5.56 Å². The Bertz CT molecular complexity index is 799. The van der Waals surface area contributed by atoms with Crippen LogP contribution in [0.3, 0.4) is 0 Å². The molecule has 1 saturated carbocycles. The molecule has 0 aromatic carbocycles. The molecule has 1 aliphatic carbocycles. The molecule has 1 aromatic rings. The smallest absolute Gasteiger partial charge is 0.254 e. The van der Waals surface area contributed by atoms with E-state index in [2.05, 4.69) is 4.98 Å². The highest BCUT2D eigenvalue weighted by molar-refractivity contribution is 5.81. The van der Waals surface area contributed by atoms with Crippen molar-refractivity contribution in [2.45, 2.75) is 70.9 Å². The fraction of sp³-hybridized carbons (Fsp3) is 0.700. The predicted molar refractivity (Wildman–Crippen MR) is 99.9 cm³/mol. The predicted octanol–water partition coefficient (Wildman–Crippen LogP) is 1.92. The summed E-state index contributed by atoms with van der Waals surface area (Å²) in [6, 6.07) is -0.147. The van der Waals surface area contributed by atoms with Crippen LogP contribution in [0.25, 0.3) is 0 Å². The average Bonchev–Trinajstić information content (AvgIpc) is 3.52. The number of carbonyl (C=O) groups is 2. The van der Waals surface area contributed by atoms with Gasteiger partial charge in [-0.2, -0.15) is 0 Å². The van der Waals surface area contributed by atoms with Crippen LogP contribution in [0, 0.1) is 5.92 Å². The van der Waals surface area contributed by atoms with Crippen LogP contribution >= 0.6 is 0 Å². The first-order valence-electron chi connectivity index (χ1n) is 10.3. The molecule has 2 fully saturated rings. The number of likely N-dealkylation sites (tertiary alicyclic amines) is 1. The van der Waals surface area contributed by atoms with Gasteiger partial charge in [0, 0.05) is 31.0 Å². The van der Waals surface area contributed by atoms with Gasteiger partial charge in [-0.1, -0.05) is 6.92 Å². The number of H-pyrrole nitrogens is 1. The van der Waals surface area contributed by atoms with E-state index in [1.54, 1.807) is 4.90 Å². The van der Waals surface area contributed by atoms with Gasteiger partial charge in [-0.15, -0.1) is 0 Å². The van der Waals surface area contributed by atoms with Crippen LogP contribution in [0.2, 0.25) is 0 Å². The van der Waals surface area contributed by atoms with Crippen LogP contribution in [-0.4, -0.2) is 44.7 Å². The number of rotatable bonds is 4. The summed E-state index contributed by atoms with van der Waals surface area (Å²) in [5, 5.41) is 0. The van der Waals surface area contributed by atoms with Gasteiger partial charge in [0.1, 0.15) is 5.82 Å². The Labute approximate surface area is 159 Å². The fourth-order valence-electron chi connectivity index (χ4n) is 4.25.